The Morgan fingerprint density at radius 2 is 1.51 bits per heavy atom. The fraction of sp³-hybridized carbons (Fsp3) is 0.275. The summed E-state index contributed by atoms with van der Waals surface area (Å²) in [6.45, 7) is 1.67. The first-order valence-corrected chi connectivity index (χ1v) is 17.9. The number of likely N-dealkylation sites (N-methyl/N-ethyl adjacent to an activating group) is 1. The molecule has 1 heterocycles. The van der Waals surface area contributed by atoms with Crippen molar-refractivity contribution in [3.8, 4) is 33.8 Å². The van der Waals surface area contributed by atoms with Gasteiger partial charge in [0.05, 0.1) is 6.54 Å². The lowest BCUT2D eigenvalue weighted by atomic mass is 9.93. The number of ether oxygens (including phenoxy) is 2. The molecule has 4 amide bonds. The van der Waals surface area contributed by atoms with Crippen molar-refractivity contribution in [2.24, 2.45) is 11.5 Å². The third-order valence-electron chi connectivity index (χ3n) is 8.94. The number of hydrogen-bond donors (Lipinski definition) is 6. The van der Waals surface area contributed by atoms with Gasteiger partial charge in [-0.2, -0.15) is 0 Å². The van der Waals surface area contributed by atoms with Crippen LogP contribution in [0, 0.1) is 0 Å². The zero-order chi connectivity index (χ0) is 39.6. The molecular weight excluding hydrogens is 728 g/mol. The minimum atomic E-state index is -1.34. The number of rotatable bonds is 12. The van der Waals surface area contributed by atoms with Crippen molar-refractivity contribution in [2.75, 3.05) is 39.9 Å². The maximum Gasteiger partial charge on any atom is 0.326 e. The molecule has 8 N–H and O–H groups in total. The molecule has 0 aromatic heterocycles. The topological polar surface area (TPSA) is 215 Å². The van der Waals surface area contributed by atoms with E-state index in [0.717, 1.165) is 16.0 Å². The molecule has 14 nitrogen and oxygen atoms in total. The second kappa shape index (κ2) is 18.4. The van der Waals surface area contributed by atoms with Gasteiger partial charge in [-0.15, -0.1) is 0 Å². The molecule has 3 atom stereocenters. The van der Waals surface area contributed by atoms with Crippen LogP contribution in [0.2, 0.25) is 5.02 Å². The number of carbonyl (C=O) groups excluding carboxylic acids is 4. The predicted molar refractivity (Wildman–Crippen MR) is 207 cm³/mol. The molecule has 15 heteroatoms. The van der Waals surface area contributed by atoms with Crippen LogP contribution in [0.25, 0.3) is 22.3 Å². The number of amides is 4. The second-order valence-electron chi connectivity index (χ2n) is 12.9. The maximum absolute atomic E-state index is 14.1. The van der Waals surface area contributed by atoms with E-state index in [2.05, 4.69) is 16.0 Å². The number of hydrogen-bond acceptors (Lipinski definition) is 9. The van der Waals surface area contributed by atoms with E-state index in [1.54, 1.807) is 66.7 Å². The first-order chi connectivity index (χ1) is 26.4. The Morgan fingerprint density at radius 3 is 2.16 bits per heavy atom. The van der Waals surface area contributed by atoms with Crippen LogP contribution in [0.3, 0.4) is 0 Å². The van der Waals surface area contributed by atoms with Gasteiger partial charge in [0, 0.05) is 48.3 Å². The highest BCUT2D eigenvalue weighted by molar-refractivity contribution is 6.30. The summed E-state index contributed by atoms with van der Waals surface area (Å²) in [4.78, 5) is 67.9. The van der Waals surface area contributed by atoms with E-state index in [4.69, 9.17) is 32.5 Å². The quantitative estimate of drug-likeness (QED) is 0.124. The van der Waals surface area contributed by atoms with Crippen LogP contribution >= 0.6 is 11.6 Å². The third-order valence-corrected chi connectivity index (χ3v) is 9.19. The van der Waals surface area contributed by atoms with Crippen LogP contribution in [-0.4, -0.2) is 91.6 Å². The number of carboxylic acids is 1. The summed E-state index contributed by atoms with van der Waals surface area (Å²) in [6, 6.07) is 20.2. The zero-order valence-electron chi connectivity index (χ0n) is 30.3. The fourth-order valence-electron chi connectivity index (χ4n) is 6.08. The summed E-state index contributed by atoms with van der Waals surface area (Å²) in [5, 5.41) is 18.4. The molecule has 0 aliphatic carbocycles. The van der Waals surface area contributed by atoms with Crippen molar-refractivity contribution in [3.05, 3.63) is 107 Å². The van der Waals surface area contributed by atoms with Crippen LogP contribution in [0.5, 0.6) is 11.5 Å². The van der Waals surface area contributed by atoms with Gasteiger partial charge in [-0.1, -0.05) is 48.0 Å². The molecule has 5 rings (SSSR count). The van der Waals surface area contributed by atoms with Crippen LogP contribution in [0.1, 0.15) is 34.5 Å². The van der Waals surface area contributed by atoms with E-state index in [0.29, 0.717) is 44.3 Å². The van der Waals surface area contributed by atoms with E-state index in [9.17, 15) is 29.1 Å². The Kier molecular flexibility index (Phi) is 13.4. The summed E-state index contributed by atoms with van der Waals surface area (Å²) in [5.41, 5.74) is 15.3. The molecule has 0 saturated carbocycles. The molecule has 4 aromatic carbocycles. The van der Waals surface area contributed by atoms with Gasteiger partial charge in [0.25, 0.3) is 5.91 Å². The number of halogens is 1. The first kappa shape index (κ1) is 40.2. The lowest BCUT2D eigenvalue weighted by Crippen LogP contribution is -2.53. The minimum absolute atomic E-state index is 0.0818. The average molecular weight is 771 g/mol. The SMILES string of the molecule is C[C@@H]1NC(=O)[C@@H](N(C)C(=O)CNC(=O)c2cccc(-c3ccc(Cl)cc3)c2)c2ccc(OCCN)c(c2)-c2cc(ccc2OCCN)C[C@@H](C(=O)O)NC1=O. The average Bonchev–Trinajstić information content (AvgIpc) is 3.18. The molecule has 0 saturated heterocycles. The van der Waals surface area contributed by atoms with E-state index in [1.807, 2.05) is 18.2 Å². The molecule has 0 radical (unpaired) electrons. The van der Waals surface area contributed by atoms with Gasteiger partial charge in [-0.25, -0.2) is 4.79 Å². The monoisotopic (exact) mass is 770 g/mol. The molecule has 55 heavy (non-hydrogen) atoms. The Morgan fingerprint density at radius 1 is 0.855 bits per heavy atom. The number of nitrogens with two attached hydrogens (primary N) is 2. The first-order valence-electron chi connectivity index (χ1n) is 17.6. The standard InChI is InChI=1S/C40H43ClN6O8/c1-23-37(49)46-32(40(52)53)19-24-6-12-33(54-16-14-42)30(18-24)31-21-27(9-13-34(31)55-17-15-43)36(39(51)45-23)47(2)35(48)22-44-38(50)28-5-3-4-26(20-28)25-7-10-29(41)11-8-25/h3-13,18,20-21,23,32,36H,14-17,19,22,42-43H2,1-2H3,(H,44,50)(H,45,51)(H,46,49)(H,52,53)/t23-,32-,36-/m0/s1. The number of nitrogens with one attached hydrogen (secondary N) is 3. The van der Waals surface area contributed by atoms with Crippen molar-refractivity contribution < 1.29 is 38.6 Å². The lowest BCUT2D eigenvalue weighted by molar-refractivity contribution is -0.142. The molecule has 288 valence electrons. The molecule has 1 aliphatic heterocycles. The Balaban J connectivity index is 1.52. The van der Waals surface area contributed by atoms with E-state index >= 15 is 0 Å². The van der Waals surface area contributed by atoms with E-state index in [1.165, 1.54) is 14.0 Å². The largest absolute Gasteiger partial charge is 0.492 e. The van der Waals surface area contributed by atoms with Gasteiger partial charge in [0.2, 0.25) is 17.7 Å². The highest BCUT2D eigenvalue weighted by Gasteiger charge is 2.33. The number of fused-ring (bicyclic) bond motifs is 5. The summed E-state index contributed by atoms with van der Waals surface area (Å²) in [6.07, 6.45) is -0.0818. The van der Waals surface area contributed by atoms with Gasteiger partial charge in [0.1, 0.15) is 42.8 Å². The molecule has 0 spiro atoms. The van der Waals surface area contributed by atoms with Crippen LogP contribution < -0.4 is 36.9 Å². The second-order valence-corrected chi connectivity index (χ2v) is 13.3. The summed E-state index contributed by atoms with van der Waals surface area (Å²) in [7, 11) is 1.41. The van der Waals surface area contributed by atoms with E-state index in [-0.39, 0.29) is 32.7 Å². The van der Waals surface area contributed by atoms with Crippen molar-refractivity contribution in [1.82, 2.24) is 20.9 Å². The van der Waals surface area contributed by atoms with Crippen LogP contribution in [-0.2, 0) is 25.6 Å². The highest BCUT2D eigenvalue weighted by atomic mass is 35.5. The maximum atomic E-state index is 14.1. The summed E-state index contributed by atoms with van der Waals surface area (Å²) in [5.74, 6) is -3.11. The molecule has 4 aromatic rings. The molecular formula is C40H43ClN6O8. The normalized spacial score (nSPS) is 16.9. The zero-order valence-corrected chi connectivity index (χ0v) is 31.1. The van der Waals surface area contributed by atoms with Gasteiger partial charge >= 0.3 is 5.97 Å². The molecule has 1 aliphatic rings. The van der Waals surface area contributed by atoms with Crippen LogP contribution in [0.4, 0.5) is 0 Å². The van der Waals surface area contributed by atoms with Gasteiger partial charge in [-0.05, 0) is 77.7 Å². The molecule has 0 fully saturated rings. The Hall–Kier alpha value is -5.96. The van der Waals surface area contributed by atoms with Crippen LogP contribution in [0.15, 0.2) is 84.9 Å². The van der Waals surface area contributed by atoms with Gasteiger partial charge in [-0.3, -0.25) is 19.2 Å². The fourth-order valence-corrected chi connectivity index (χ4v) is 6.21. The van der Waals surface area contributed by atoms with E-state index < -0.39 is 54.3 Å². The summed E-state index contributed by atoms with van der Waals surface area (Å²) < 4.78 is 12.0. The number of benzene rings is 4. The molecule has 4 bridgehead atoms. The smallest absolute Gasteiger partial charge is 0.326 e. The predicted octanol–water partition coefficient (Wildman–Crippen LogP) is 2.91. The third kappa shape index (κ3) is 9.97. The number of carboxylic acid groups (broad SMARTS) is 1. The van der Waals surface area contributed by atoms with Crippen molar-refractivity contribution in [3.63, 3.8) is 0 Å². The molecule has 0 unspecified atom stereocenters. The lowest BCUT2D eigenvalue weighted by Gasteiger charge is -2.30. The Bertz CT molecular complexity index is 2060. The number of carbonyl (C=O) groups is 5. The summed E-state index contributed by atoms with van der Waals surface area (Å²) >= 11 is 6.03. The minimum Gasteiger partial charge on any atom is -0.492 e. The van der Waals surface area contributed by atoms with Crippen molar-refractivity contribution in [2.45, 2.75) is 31.5 Å². The Labute approximate surface area is 323 Å². The van der Waals surface area contributed by atoms with Gasteiger partial charge < -0.3 is 46.9 Å². The van der Waals surface area contributed by atoms with Gasteiger partial charge in [0.15, 0.2) is 0 Å². The van der Waals surface area contributed by atoms with Crippen molar-refractivity contribution >= 4 is 41.2 Å². The number of aliphatic carboxylic acids is 1. The number of nitrogens with zero attached hydrogens (tertiary/aromatic N) is 1. The highest BCUT2D eigenvalue weighted by Crippen LogP contribution is 2.40. The van der Waals surface area contributed by atoms with Crippen molar-refractivity contribution in [1.29, 1.82) is 0 Å².